The minimum absolute atomic E-state index is 0.463. The quantitative estimate of drug-likeness (QED) is 0.622. The molecule has 1 aliphatic rings. The van der Waals surface area contributed by atoms with Crippen LogP contribution in [-0.4, -0.2) is 13.1 Å². The van der Waals surface area contributed by atoms with E-state index in [9.17, 15) is 4.91 Å². The van der Waals surface area contributed by atoms with E-state index in [1.54, 1.807) is 12.1 Å². The van der Waals surface area contributed by atoms with Gasteiger partial charge in [-0.05, 0) is 23.4 Å². The summed E-state index contributed by atoms with van der Waals surface area (Å²) in [6, 6.07) is 5.30. The van der Waals surface area contributed by atoms with Gasteiger partial charge in [0.05, 0.1) is 11.4 Å². The second kappa shape index (κ2) is 2.81. The Kier molecular flexibility index (Phi) is 1.66. The molecular weight excluding hydrogens is 154 g/mol. The predicted octanol–water partition coefficient (Wildman–Crippen LogP) is 1.92. The largest absolute Gasteiger partial charge is 0.382 e. The molecular formula is C8H9N3O. The molecule has 1 heterocycles. The number of hydrogen-bond acceptors (Lipinski definition) is 4. The number of nitrogens with one attached hydrogen (secondary N) is 2. The maximum Gasteiger partial charge on any atom is 0.110 e. The Morgan fingerprint density at radius 3 is 2.67 bits per heavy atom. The lowest BCUT2D eigenvalue weighted by molar-refractivity contribution is 1.05. The zero-order chi connectivity index (χ0) is 8.39. The Hall–Kier alpha value is -1.58. The predicted molar refractivity (Wildman–Crippen MR) is 48.9 cm³/mol. The fourth-order valence-electron chi connectivity index (χ4n) is 1.28. The molecule has 0 unspecified atom stereocenters. The van der Waals surface area contributed by atoms with Gasteiger partial charge in [-0.3, -0.25) is 0 Å². The first kappa shape index (κ1) is 7.09. The van der Waals surface area contributed by atoms with Crippen molar-refractivity contribution in [3.05, 3.63) is 23.1 Å². The zero-order valence-corrected chi connectivity index (χ0v) is 6.50. The van der Waals surface area contributed by atoms with Crippen LogP contribution in [0.5, 0.6) is 0 Å². The molecule has 0 aromatic heterocycles. The maximum atomic E-state index is 10.2. The van der Waals surface area contributed by atoms with Gasteiger partial charge >= 0.3 is 0 Å². The molecule has 1 aromatic rings. The molecule has 0 bridgehead atoms. The SMILES string of the molecule is O=Nc1ccc2c(c1)NCCN2. The van der Waals surface area contributed by atoms with Crippen LogP contribution in [0.1, 0.15) is 0 Å². The van der Waals surface area contributed by atoms with E-state index >= 15 is 0 Å². The number of fused-ring (bicyclic) bond motifs is 1. The molecule has 1 aromatic carbocycles. The number of anilines is 2. The first-order valence-corrected chi connectivity index (χ1v) is 3.85. The highest BCUT2D eigenvalue weighted by atomic mass is 16.3. The molecule has 12 heavy (non-hydrogen) atoms. The summed E-state index contributed by atoms with van der Waals surface area (Å²) in [5.74, 6) is 0. The van der Waals surface area contributed by atoms with Gasteiger partial charge in [0.15, 0.2) is 0 Å². The molecule has 0 amide bonds. The first-order valence-electron chi connectivity index (χ1n) is 3.85. The van der Waals surface area contributed by atoms with Gasteiger partial charge in [0.2, 0.25) is 0 Å². The third kappa shape index (κ3) is 1.11. The third-order valence-electron chi connectivity index (χ3n) is 1.86. The van der Waals surface area contributed by atoms with Crippen LogP contribution in [0.3, 0.4) is 0 Å². The number of nitroso groups, excluding NO2 is 1. The molecule has 0 saturated carbocycles. The number of benzene rings is 1. The Morgan fingerprint density at radius 1 is 1.17 bits per heavy atom. The zero-order valence-electron chi connectivity index (χ0n) is 6.50. The van der Waals surface area contributed by atoms with Crippen molar-refractivity contribution < 1.29 is 0 Å². The van der Waals surface area contributed by atoms with Gasteiger partial charge in [-0.25, -0.2) is 0 Å². The summed E-state index contributed by atoms with van der Waals surface area (Å²) >= 11 is 0. The van der Waals surface area contributed by atoms with Crippen LogP contribution in [0.4, 0.5) is 17.1 Å². The summed E-state index contributed by atoms with van der Waals surface area (Å²) in [6.45, 7) is 1.80. The summed E-state index contributed by atoms with van der Waals surface area (Å²) in [4.78, 5) is 10.2. The topological polar surface area (TPSA) is 53.5 Å². The van der Waals surface area contributed by atoms with Crippen molar-refractivity contribution >= 4 is 17.1 Å². The van der Waals surface area contributed by atoms with E-state index in [-0.39, 0.29) is 0 Å². The highest BCUT2D eigenvalue weighted by Crippen LogP contribution is 2.28. The Labute approximate surface area is 69.9 Å². The lowest BCUT2D eigenvalue weighted by Gasteiger charge is -2.19. The van der Waals surface area contributed by atoms with Crippen molar-refractivity contribution in [3.8, 4) is 0 Å². The Balaban J connectivity index is 2.42. The van der Waals surface area contributed by atoms with Gasteiger partial charge < -0.3 is 10.6 Å². The van der Waals surface area contributed by atoms with E-state index in [1.165, 1.54) is 0 Å². The highest BCUT2D eigenvalue weighted by molar-refractivity contribution is 5.74. The molecule has 0 aliphatic carbocycles. The molecule has 0 atom stereocenters. The monoisotopic (exact) mass is 163 g/mol. The molecule has 0 spiro atoms. The van der Waals surface area contributed by atoms with E-state index in [1.807, 2.05) is 6.07 Å². The molecule has 2 N–H and O–H groups in total. The van der Waals surface area contributed by atoms with Crippen LogP contribution in [0.2, 0.25) is 0 Å². The maximum absolute atomic E-state index is 10.2. The van der Waals surface area contributed by atoms with Crippen LogP contribution in [0, 0.1) is 4.91 Å². The van der Waals surface area contributed by atoms with Crippen LogP contribution in [-0.2, 0) is 0 Å². The van der Waals surface area contributed by atoms with Gasteiger partial charge in [0.1, 0.15) is 5.69 Å². The van der Waals surface area contributed by atoms with Gasteiger partial charge in [-0.1, -0.05) is 0 Å². The van der Waals surface area contributed by atoms with E-state index in [4.69, 9.17) is 0 Å². The molecule has 4 nitrogen and oxygen atoms in total. The fraction of sp³-hybridized carbons (Fsp3) is 0.250. The molecule has 62 valence electrons. The summed E-state index contributed by atoms with van der Waals surface area (Å²) in [6.07, 6.45) is 0. The van der Waals surface area contributed by atoms with Crippen molar-refractivity contribution in [2.24, 2.45) is 5.18 Å². The van der Waals surface area contributed by atoms with E-state index in [0.29, 0.717) is 5.69 Å². The molecule has 0 fully saturated rings. The van der Waals surface area contributed by atoms with Crippen molar-refractivity contribution in [3.63, 3.8) is 0 Å². The van der Waals surface area contributed by atoms with Crippen LogP contribution in [0.15, 0.2) is 23.4 Å². The molecule has 4 heteroatoms. The van der Waals surface area contributed by atoms with Gasteiger partial charge in [0.25, 0.3) is 0 Å². The van der Waals surface area contributed by atoms with Gasteiger partial charge in [-0.2, -0.15) is 0 Å². The lowest BCUT2D eigenvalue weighted by atomic mass is 10.2. The first-order chi connectivity index (χ1) is 5.90. The van der Waals surface area contributed by atoms with Crippen molar-refractivity contribution in [2.45, 2.75) is 0 Å². The number of rotatable bonds is 1. The third-order valence-corrected chi connectivity index (χ3v) is 1.86. The molecule has 2 rings (SSSR count). The van der Waals surface area contributed by atoms with Gasteiger partial charge in [-0.15, -0.1) is 4.91 Å². The minimum Gasteiger partial charge on any atom is -0.382 e. The van der Waals surface area contributed by atoms with Crippen LogP contribution >= 0.6 is 0 Å². The number of nitrogens with zero attached hydrogens (tertiary/aromatic N) is 1. The second-order valence-corrected chi connectivity index (χ2v) is 2.67. The molecule has 0 saturated heterocycles. The summed E-state index contributed by atoms with van der Waals surface area (Å²) < 4.78 is 0. The van der Waals surface area contributed by atoms with Crippen molar-refractivity contribution in [2.75, 3.05) is 23.7 Å². The van der Waals surface area contributed by atoms with Crippen molar-refractivity contribution in [1.82, 2.24) is 0 Å². The Morgan fingerprint density at radius 2 is 1.92 bits per heavy atom. The average molecular weight is 163 g/mol. The summed E-state index contributed by atoms with van der Waals surface area (Å²) in [7, 11) is 0. The molecule has 1 aliphatic heterocycles. The standard InChI is InChI=1S/C8H9N3O/c12-11-6-1-2-7-8(5-6)10-4-3-9-7/h1-2,5,9-10H,3-4H2. The summed E-state index contributed by atoms with van der Waals surface area (Å²) in [5.41, 5.74) is 2.46. The average Bonchev–Trinajstić information content (AvgIpc) is 2.17. The van der Waals surface area contributed by atoms with Gasteiger partial charge in [0, 0.05) is 13.1 Å². The second-order valence-electron chi connectivity index (χ2n) is 2.67. The molecule has 0 radical (unpaired) electrons. The Bertz CT molecular complexity index is 311. The fourth-order valence-corrected chi connectivity index (χ4v) is 1.28. The summed E-state index contributed by atoms with van der Waals surface area (Å²) in [5, 5.41) is 9.24. The van der Waals surface area contributed by atoms with Crippen LogP contribution < -0.4 is 10.6 Å². The highest BCUT2D eigenvalue weighted by Gasteiger charge is 2.07. The number of hydrogen-bond donors (Lipinski definition) is 2. The normalized spacial score (nSPS) is 14.0. The van der Waals surface area contributed by atoms with E-state index in [2.05, 4.69) is 15.8 Å². The van der Waals surface area contributed by atoms with E-state index < -0.39 is 0 Å². The van der Waals surface area contributed by atoms with E-state index in [0.717, 1.165) is 24.5 Å². The smallest absolute Gasteiger partial charge is 0.110 e. The van der Waals surface area contributed by atoms with Crippen molar-refractivity contribution in [1.29, 1.82) is 0 Å². The minimum atomic E-state index is 0.463. The lowest BCUT2D eigenvalue weighted by Crippen LogP contribution is -2.20. The van der Waals surface area contributed by atoms with Crippen LogP contribution in [0.25, 0.3) is 0 Å².